The minimum atomic E-state index is -0.992. The Morgan fingerprint density at radius 3 is 2.33 bits per heavy atom. The van der Waals surface area contributed by atoms with Crippen molar-refractivity contribution in [1.82, 2.24) is 4.57 Å². The third-order valence-corrected chi connectivity index (χ3v) is 3.69. The molecule has 0 saturated heterocycles. The van der Waals surface area contributed by atoms with Gasteiger partial charge in [0, 0.05) is 16.8 Å². The van der Waals surface area contributed by atoms with Gasteiger partial charge in [-0.1, -0.05) is 17.7 Å². The van der Waals surface area contributed by atoms with Gasteiger partial charge in [-0.15, -0.1) is 0 Å². The van der Waals surface area contributed by atoms with Crippen LogP contribution in [0.3, 0.4) is 0 Å². The van der Waals surface area contributed by atoms with Crippen LogP contribution in [0.2, 0.25) is 0 Å². The number of benzene rings is 2. The van der Waals surface area contributed by atoms with E-state index in [9.17, 15) is 15.0 Å². The van der Waals surface area contributed by atoms with Crippen LogP contribution in [0.25, 0.3) is 16.6 Å². The largest absolute Gasteiger partial charge is 0.508 e. The van der Waals surface area contributed by atoms with E-state index >= 15 is 0 Å². The molecule has 0 spiro atoms. The average molecular weight is 281 g/mol. The van der Waals surface area contributed by atoms with Crippen LogP contribution in [0.5, 0.6) is 5.75 Å². The van der Waals surface area contributed by atoms with Crippen molar-refractivity contribution in [3.8, 4) is 11.4 Å². The van der Waals surface area contributed by atoms with Gasteiger partial charge >= 0.3 is 5.97 Å². The first-order valence-corrected chi connectivity index (χ1v) is 6.63. The summed E-state index contributed by atoms with van der Waals surface area (Å²) in [5.41, 5.74) is 3.69. The molecule has 4 heteroatoms. The van der Waals surface area contributed by atoms with Gasteiger partial charge in [0.2, 0.25) is 0 Å². The number of aromatic hydroxyl groups is 1. The molecule has 3 aromatic rings. The van der Waals surface area contributed by atoms with E-state index in [0.29, 0.717) is 11.1 Å². The fourth-order valence-corrected chi connectivity index (χ4v) is 2.70. The van der Waals surface area contributed by atoms with Gasteiger partial charge in [0.25, 0.3) is 0 Å². The third kappa shape index (κ3) is 2.05. The number of hydrogen-bond donors (Lipinski definition) is 2. The maximum absolute atomic E-state index is 11.6. The van der Waals surface area contributed by atoms with E-state index in [-0.39, 0.29) is 11.3 Å². The highest BCUT2D eigenvalue weighted by Crippen LogP contribution is 2.31. The summed E-state index contributed by atoms with van der Waals surface area (Å²) in [4.78, 5) is 11.6. The van der Waals surface area contributed by atoms with Gasteiger partial charge in [0.05, 0.1) is 11.1 Å². The van der Waals surface area contributed by atoms with Crippen LogP contribution < -0.4 is 0 Å². The molecular formula is C17H15NO3. The van der Waals surface area contributed by atoms with Crippen LogP contribution >= 0.6 is 0 Å². The summed E-state index contributed by atoms with van der Waals surface area (Å²) >= 11 is 0. The van der Waals surface area contributed by atoms with Crippen molar-refractivity contribution in [2.24, 2.45) is 0 Å². The van der Waals surface area contributed by atoms with Crippen LogP contribution in [-0.2, 0) is 0 Å². The number of phenolic OH excluding ortho intramolecular Hbond substituents is 1. The van der Waals surface area contributed by atoms with Gasteiger partial charge < -0.3 is 14.8 Å². The number of carboxylic acids is 1. The van der Waals surface area contributed by atoms with Crippen molar-refractivity contribution in [2.75, 3.05) is 0 Å². The maximum Gasteiger partial charge on any atom is 0.338 e. The number of carbonyl (C=O) groups is 1. The molecule has 0 aliphatic carbocycles. The quantitative estimate of drug-likeness (QED) is 0.753. The second-order valence-corrected chi connectivity index (χ2v) is 5.14. The normalized spacial score (nSPS) is 11.0. The lowest BCUT2D eigenvalue weighted by Crippen LogP contribution is -2.01. The Balaban J connectivity index is 2.40. The molecule has 21 heavy (non-hydrogen) atoms. The van der Waals surface area contributed by atoms with Crippen molar-refractivity contribution < 1.29 is 15.0 Å². The number of phenols is 1. The minimum Gasteiger partial charge on any atom is -0.508 e. The van der Waals surface area contributed by atoms with E-state index in [1.165, 1.54) is 6.07 Å². The highest BCUT2D eigenvalue weighted by Gasteiger charge is 2.20. The Bertz CT molecular complexity index is 845. The van der Waals surface area contributed by atoms with Gasteiger partial charge in [0.1, 0.15) is 5.75 Å². The van der Waals surface area contributed by atoms with Gasteiger partial charge in [-0.2, -0.15) is 0 Å². The van der Waals surface area contributed by atoms with Crippen LogP contribution in [0.1, 0.15) is 21.6 Å². The lowest BCUT2D eigenvalue weighted by Gasteiger charge is -2.09. The monoisotopic (exact) mass is 281 g/mol. The molecule has 0 fully saturated rings. The zero-order valence-electron chi connectivity index (χ0n) is 11.8. The van der Waals surface area contributed by atoms with E-state index in [1.54, 1.807) is 19.1 Å². The highest BCUT2D eigenvalue weighted by atomic mass is 16.4. The third-order valence-electron chi connectivity index (χ3n) is 3.69. The number of aromatic nitrogens is 1. The molecule has 106 valence electrons. The van der Waals surface area contributed by atoms with Crippen molar-refractivity contribution in [1.29, 1.82) is 0 Å². The second-order valence-electron chi connectivity index (χ2n) is 5.14. The van der Waals surface area contributed by atoms with Gasteiger partial charge in [0.15, 0.2) is 0 Å². The summed E-state index contributed by atoms with van der Waals surface area (Å²) in [6, 6.07) is 12.7. The Morgan fingerprint density at radius 2 is 1.71 bits per heavy atom. The molecule has 4 nitrogen and oxygen atoms in total. The zero-order valence-corrected chi connectivity index (χ0v) is 11.8. The average Bonchev–Trinajstić information content (AvgIpc) is 2.71. The van der Waals surface area contributed by atoms with Crippen molar-refractivity contribution >= 4 is 16.9 Å². The molecule has 0 bridgehead atoms. The fourth-order valence-electron chi connectivity index (χ4n) is 2.70. The van der Waals surface area contributed by atoms with Crippen molar-refractivity contribution in [2.45, 2.75) is 13.8 Å². The number of aryl methyl sites for hydroxylation is 1. The number of hydrogen-bond acceptors (Lipinski definition) is 2. The van der Waals surface area contributed by atoms with Crippen molar-refractivity contribution in [3.05, 3.63) is 59.3 Å². The highest BCUT2D eigenvalue weighted by molar-refractivity contribution is 6.06. The van der Waals surface area contributed by atoms with Gasteiger partial charge in [-0.05, 0) is 44.2 Å². The lowest BCUT2D eigenvalue weighted by molar-refractivity contribution is 0.0698. The molecule has 3 rings (SSSR count). The standard InChI is InChI=1S/C17H15NO3/c1-10-3-5-12(6-4-10)18-11(2)16(17(20)21)14-9-13(19)7-8-15(14)18/h3-9,19H,1-2H3,(H,20,21). The van der Waals surface area contributed by atoms with Crippen LogP contribution in [0.15, 0.2) is 42.5 Å². The lowest BCUT2D eigenvalue weighted by atomic mass is 10.1. The molecule has 0 radical (unpaired) electrons. The maximum atomic E-state index is 11.6. The minimum absolute atomic E-state index is 0.0612. The molecule has 2 N–H and O–H groups in total. The summed E-state index contributed by atoms with van der Waals surface area (Å²) in [7, 11) is 0. The summed E-state index contributed by atoms with van der Waals surface area (Å²) in [6.45, 7) is 3.78. The van der Waals surface area contributed by atoms with E-state index in [0.717, 1.165) is 16.8 Å². The summed E-state index contributed by atoms with van der Waals surface area (Å²) in [5, 5.41) is 19.6. The number of carboxylic acid groups (broad SMARTS) is 1. The van der Waals surface area contributed by atoms with Crippen LogP contribution in [0.4, 0.5) is 0 Å². The molecular weight excluding hydrogens is 266 g/mol. The van der Waals surface area contributed by atoms with E-state index in [2.05, 4.69) is 0 Å². The fraction of sp³-hybridized carbons (Fsp3) is 0.118. The predicted octanol–water partition coefficient (Wildman–Crippen LogP) is 3.65. The first-order valence-electron chi connectivity index (χ1n) is 6.63. The van der Waals surface area contributed by atoms with E-state index in [4.69, 9.17) is 0 Å². The molecule has 0 amide bonds. The van der Waals surface area contributed by atoms with Crippen LogP contribution in [-0.4, -0.2) is 20.7 Å². The Morgan fingerprint density at radius 1 is 1.05 bits per heavy atom. The topological polar surface area (TPSA) is 62.5 Å². The Hall–Kier alpha value is -2.75. The number of rotatable bonds is 2. The van der Waals surface area contributed by atoms with E-state index < -0.39 is 5.97 Å². The second kappa shape index (κ2) is 4.66. The van der Waals surface area contributed by atoms with Crippen LogP contribution in [0, 0.1) is 13.8 Å². The molecule has 0 aliphatic heterocycles. The molecule has 1 heterocycles. The number of aromatic carboxylic acids is 1. The summed E-state index contributed by atoms with van der Waals surface area (Å²) < 4.78 is 1.90. The molecule has 0 saturated carbocycles. The first kappa shape index (κ1) is 13.2. The van der Waals surface area contributed by atoms with E-state index in [1.807, 2.05) is 35.8 Å². The molecule has 2 aromatic carbocycles. The molecule has 0 atom stereocenters. The number of fused-ring (bicyclic) bond motifs is 1. The predicted molar refractivity (Wildman–Crippen MR) is 81.4 cm³/mol. The van der Waals surface area contributed by atoms with Crippen molar-refractivity contribution in [3.63, 3.8) is 0 Å². The smallest absolute Gasteiger partial charge is 0.338 e. The molecule has 0 unspecified atom stereocenters. The molecule has 1 aromatic heterocycles. The van der Waals surface area contributed by atoms with Gasteiger partial charge in [-0.3, -0.25) is 0 Å². The number of nitrogens with zero attached hydrogens (tertiary/aromatic N) is 1. The Labute approximate surface area is 121 Å². The first-order chi connectivity index (χ1) is 9.99. The zero-order chi connectivity index (χ0) is 15.1. The summed E-state index contributed by atoms with van der Waals surface area (Å²) in [6.07, 6.45) is 0. The Kier molecular flexibility index (Phi) is 2.94. The molecule has 0 aliphatic rings. The summed E-state index contributed by atoms with van der Waals surface area (Å²) in [5.74, 6) is -0.931. The SMILES string of the molecule is Cc1ccc(-n2c(C)c(C(=O)O)c3cc(O)ccc32)cc1. The van der Waals surface area contributed by atoms with Gasteiger partial charge in [-0.25, -0.2) is 4.79 Å².